The molecule has 3 atom stereocenters. The number of rotatable bonds is 0. The standard InChI is InChI=1S/C12H22O/c1-11-6-3-4-7-12(11,2)9-10(13)5-8-11/h10,13H,3-9H2,1-2H3/t10-,11+,12+/m1/s1. The zero-order valence-corrected chi connectivity index (χ0v) is 8.97. The topological polar surface area (TPSA) is 20.2 Å². The summed E-state index contributed by atoms with van der Waals surface area (Å²) in [7, 11) is 0. The van der Waals surface area contributed by atoms with Gasteiger partial charge in [-0.1, -0.05) is 26.7 Å². The van der Waals surface area contributed by atoms with Crippen LogP contribution in [-0.2, 0) is 0 Å². The van der Waals surface area contributed by atoms with Gasteiger partial charge < -0.3 is 5.11 Å². The van der Waals surface area contributed by atoms with Gasteiger partial charge >= 0.3 is 0 Å². The molecule has 0 radical (unpaired) electrons. The van der Waals surface area contributed by atoms with Crippen molar-refractivity contribution in [3.8, 4) is 0 Å². The highest BCUT2D eigenvalue weighted by molar-refractivity contribution is 4.99. The Hall–Kier alpha value is -0.0400. The molecule has 0 aromatic carbocycles. The van der Waals surface area contributed by atoms with Crippen LogP contribution in [0.15, 0.2) is 0 Å². The van der Waals surface area contributed by atoms with Crippen LogP contribution in [0.4, 0.5) is 0 Å². The van der Waals surface area contributed by atoms with Crippen LogP contribution in [0.25, 0.3) is 0 Å². The van der Waals surface area contributed by atoms with Gasteiger partial charge in [-0.25, -0.2) is 0 Å². The van der Waals surface area contributed by atoms with Crippen molar-refractivity contribution in [3.05, 3.63) is 0 Å². The van der Waals surface area contributed by atoms with Gasteiger partial charge in [-0.2, -0.15) is 0 Å². The molecule has 0 spiro atoms. The molecule has 1 heteroatoms. The quantitative estimate of drug-likeness (QED) is 0.610. The van der Waals surface area contributed by atoms with Gasteiger partial charge in [-0.05, 0) is 42.9 Å². The van der Waals surface area contributed by atoms with E-state index in [-0.39, 0.29) is 6.10 Å². The molecule has 0 aliphatic heterocycles. The van der Waals surface area contributed by atoms with E-state index in [9.17, 15) is 5.11 Å². The second-order valence-corrected chi connectivity index (χ2v) is 5.73. The molecule has 1 N–H and O–H groups in total. The zero-order valence-electron chi connectivity index (χ0n) is 8.97. The van der Waals surface area contributed by atoms with Crippen LogP contribution < -0.4 is 0 Å². The van der Waals surface area contributed by atoms with Gasteiger partial charge in [0.05, 0.1) is 6.10 Å². The maximum atomic E-state index is 9.73. The summed E-state index contributed by atoms with van der Waals surface area (Å²) in [6.45, 7) is 4.84. The molecule has 0 aromatic rings. The van der Waals surface area contributed by atoms with Gasteiger partial charge in [0.1, 0.15) is 0 Å². The second kappa shape index (κ2) is 2.98. The second-order valence-electron chi connectivity index (χ2n) is 5.73. The van der Waals surface area contributed by atoms with Crippen molar-refractivity contribution >= 4 is 0 Å². The van der Waals surface area contributed by atoms with E-state index in [4.69, 9.17) is 0 Å². The van der Waals surface area contributed by atoms with E-state index >= 15 is 0 Å². The van der Waals surface area contributed by atoms with E-state index in [2.05, 4.69) is 13.8 Å². The summed E-state index contributed by atoms with van der Waals surface area (Å²) in [5, 5.41) is 9.73. The first-order valence-electron chi connectivity index (χ1n) is 5.74. The fourth-order valence-electron chi connectivity index (χ4n) is 3.52. The van der Waals surface area contributed by atoms with Crippen molar-refractivity contribution < 1.29 is 5.11 Å². The third-order valence-electron chi connectivity index (χ3n) is 4.88. The summed E-state index contributed by atoms with van der Waals surface area (Å²) in [5.74, 6) is 0. The van der Waals surface area contributed by atoms with Gasteiger partial charge in [0, 0.05) is 0 Å². The molecule has 76 valence electrons. The SMILES string of the molecule is C[C@@]12CCCC[C@@]1(C)C[C@H](O)CC2. The van der Waals surface area contributed by atoms with Gasteiger partial charge in [-0.15, -0.1) is 0 Å². The van der Waals surface area contributed by atoms with Crippen molar-refractivity contribution in [1.82, 2.24) is 0 Å². The molecule has 13 heavy (non-hydrogen) atoms. The van der Waals surface area contributed by atoms with E-state index < -0.39 is 0 Å². The molecule has 2 aliphatic carbocycles. The maximum Gasteiger partial charge on any atom is 0.0545 e. The lowest BCUT2D eigenvalue weighted by molar-refractivity contribution is -0.0756. The fourth-order valence-corrected chi connectivity index (χ4v) is 3.52. The first kappa shape index (κ1) is 9.51. The van der Waals surface area contributed by atoms with Crippen LogP contribution in [-0.4, -0.2) is 11.2 Å². The number of fused-ring (bicyclic) bond motifs is 1. The van der Waals surface area contributed by atoms with Gasteiger partial charge in [0.2, 0.25) is 0 Å². The lowest BCUT2D eigenvalue weighted by Crippen LogP contribution is -2.46. The number of aliphatic hydroxyl groups is 1. The highest BCUT2D eigenvalue weighted by atomic mass is 16.3. The number of hydrogen-bond donors (Lipinski definition) is 1. The van der Waals surface area contributed by atoms with Crippen molar-refractivity contribution in [3.63, 3.8) is 0 Å². The summed E-state index contributed by atoms with van der Waals surface area (Å²) in [6, 6.07) is 0. The van der Waals surface area contributed by atoms with Crippen LogP contribution in [0.1, 0.15) is 58.8 Å². The molecule has 0 amide bonds. The van der Waals surface area contributed by atoms with E-state index in [1.807, 2.05) is 0 Å². The fraction of sp³-hybridized carbons (Fsp3) is 1.00. The molecule has 2 fully saturated rings. The Morgan fingerprint density at radius 2 is 1.62 bits per heavy atom. The van der Waals surface area contributed by atoms with Crippen molar-refractivity contribution in [1.29, 1.82) is 0 Å². The molecular weight excluding hydrogens is 160 g/mol. The monoisotopic (exact) mass is 182 g/mol. The van der Waals surface area contributed by atoms with Crippen LogP contribution in [0.2, 0.25) is 0 Å². The molecule has 1 nitrogen and oxygen atoms in total. The summed E-state index contributed by atoms with van der Waals surface area (Å²) in [4.78, 5) is 0. The highest BCUT2D eigenvalue weighted by Crippen LogP contribution is 2.58. The lowest BCUT2D eigenvalue weighted by Gasteiger charge is -2.54. The molecule has 0 aromatic heterocycles. The lowest BCUT2D eigenvalue weighted by atomic mass is 9.51. The molecule has 0 saturated heterocycles. The molecule has 2 aliphatic rings. The minimum Gasteiger partial charge on any atom is -0.393 e. The van der Waals surface area contributed by atoms with E-state index in [0.717, 1.165) is 12.8 Å². The summed E-state index contributed by atoms with van der Waals surface area (Å²) in [6.07, 6.45) is 8.80. The Balaban J connectivity index is 2.20. The molecule has 2 rings (SSSR count). The van der Waals surface area contributed by atoms with Crippen LogP contribution >= 0.6 is 0 Å². The van der Waals surface area contributed by atoms with Gasteiger partial charge in [-0.3, -0.25) is 0 Å². The minimum absolute atomic E-state index is 0.0174. The van der Waals surface area contributed by atoms with E-state index in [1.54, 1.807) is 0 Å². The van der Waals surface area contributed by atoms with Gasteiger partial charge in [0.25, 0.3) is 0 Å². The van der Waals surface area contributed by atoms with E-state index in [0.29, 0.717) is 10.8 Å². The van der Waals surface area contributed by atoms with Crippen LogP contribution in [0.3, 0.4) is 0 Å². The Morgan fingerprint density at radius 1 is 1.00 bits per heavy atom. The number of aliphatic hydroxyl groups excluding tert-OH is 1. The first-order valence-corrected chi connectivity index (χ1v) is 5.74. The van der Waals surface area contributed by atoms with Crippen LogP contribution in [0.5, 0.6) is 0 Å². The summed E-state index contributed by atoms with van der Waals surface area (Å²) < 4.78 is 0. The summed E-state index contributed by atoms with van der Waals surface area (Å²) >= 11 is 0. The average Bonchev–Trinajstić information content (AvgIpc) is 2.07. The van der Waals surface area contributed by atoms with Gasteiger partial charge in [0.15, 0.2) is 0 Å². The third kappa shape index (κ3) is 1.41. The van der Waals surface area contributed by atoms with Crippen molar-refractivity contribution in [2.75, 3.05) is 0 Å². The molecule has 0 unspecified atom stereocenters. The first-order chi connectivity index (χ1) is 6.06. The Morgan fingerprint density at radius 3 is 2.31 bits per heavy atom. The maximum absolute atomic E-state index is 9.73. The molecule has 2 saturated carbocycles. The number of hydrogen-bond acceptors (Lipinski definition) is 1. The molecule has 0 bridgehead atoms. The summed E-state index contributed by atoms with van der Waals surface area (Å²) in [5.41, 5.74) is 0.966. The predicted molar refractivity (Wildman–Crippen MR) is 54.5 cm³/mol. The Bertz CT molecular complexity index is 201. The molecular formula is C12H22O. The average molecular weight is 182 g/mol. The third-order valence-corrected chi connectivity index (χ3v) is 4.88. The van der Waals surface area contributed by atoms with Crippen LogP contribution in [0, 0.1) is 10.8 Å². The zero-order chi connectivity index (χ0) is 9.53. The Labute approximate surface area is 81.5 Å². The molecule has 0 heterocycles. The van der Waals surface area contributed by atoms with Crippen molar-refractivity contribution in [2.45, 2.75) is 64.9 Å². The minimum atomic E-state index is -0.0174. The van der Waals surface area contributed by atoms with Crippen molar-refractivity contribution in [2.24, 2.45) is 10.8 Å². The normalized spacial score (nSPS) is 51.5. The largest absolute Gasteiger partial charge is 0.393 e. The smallest absolute Gasteiger partial charge is 0.0545 e. The highest BCUT2D eigenvalue weighted by Gasteiger charge is 2.49. The predicted octanol–water partition coefficient (Wildman–Crippen LogP) is 3.12. The van der Waals surface area contributed by atoms with E-state index in [1.165, 1.54) is 32.1 Å². The Kier molecular flexibility index (Phi) is 2.18.